The van der Waals surface area contributed by atoms with Crippen molar-refractivity contribution < 1.29 is 4.79 Å². The maximum absolute atomic E-state index is 12.0. The summed E-state index contributed by atoms with van der Waals surface area (Å²) in [5, 5.41) is 6.18. The summed E-state index contributed by atoms with van der Waals surface area (Å²) in [6.07, 6.45) is 0. The van der Waals surface area contributed by atoms with E-state index in [4.69, 9.17) is 0 Å². The molecule has 4 heteroatoms. The predicted octanol–water partition coefficient (Wildman–Crippen LogP) is 2.39. The first-order valence-corrected chi connectivity index (χ1v) is 6.93. The molecule has 1 aliphatic heterocycles. The Kier molecular flexibility index (Phi) is 4.04. The lowest BCUT2D eigenvalue weighted by Crippen LogP contribution is -2.48. The summed E-state index contributed by atoms with van der Waals surface area (Å²) in [6, 6.07) is 6.01. The Balaban J connectivity index is 1.99. The van der Waals surface area contributed by atoms with Crippen LogP contribution in [0.1, 0.15) is 12.5 Å². The summed E-state index contributed by atoms with van der Waals surface area (Å²) in [6.45, 7) is 5.98. The van der Waals surface area contributed by atoms with Gasteiger partial charge in [0.15, 0.2) is 0 Å². The van der Waals surface area contributed by atoms with Crippen LogP contribution in [0.3, 0.4) is 0 Å². The molecule has 2 N–H and O–H groups in total. The fourth-order valence-electron chi connectivity index (χ4n) is 1.81. The van der Waals surface area contributed by atoms with Gasteiger partial charge in [-0.1, -0.05) is 13.0 Å². The Morgan fingerprint density at radius 2 is 2.24 bits per heavy atom. The molecule has 0 radical (unpaired) electrons. The van der Waals surface area contributed by atoms with E-state index in [2.05, 4.69) is 40.1 Å². The Morgan fingerprint density at radius 1 is 1.53 bits per heavy atom. The van der Waals surface area contributed by atoms with Crippen LogP contribution in [-0.2, 0) is 4.79 Å². The average molecular weight is 344 g/mol. The molecule has 0 spiro atoms. The topological polar surface area (TPSA) is 41.1 Å². The van der Waals surface area contributed by atoms with Crippen molar-refractivity contribution in [3.8, 4) is 0 Å². The predicted molar refractivity (Wildman–Crippen MR) is 78.0 cm³/mol. The summed E-state index contributed by atoms with van der Waals surface area (Å²) < 4.78 is 1.18. The third-order valence-electron chi connectivity index (χ3n) is 3.37. The number of anilines is 1. The van der Waals surface area contributed by atoms with E-state index in [1.165, 1.54) is 9.13 Å². The van der Waals surface area contributed by atoms with Gasteiger partial charge in [0.25, 0.3) is 0 Å². The molecule has 1 aliphatic rings. The third kappa shape index (κ3) is 2.98. The number of carbonyl (C=O) groups excluding carboxylic acids is 1. The molecule has 3 nitrogen and oxygen atoms in total. The Bertz CT molecular complexity index is 429. The Hall–Kier alpha value is -0.620. The standard InChI is InChI=1S/C13H17IN2O/c1-8-3-4-11(5-12(8)14)16-13(17)9(2)10-6-15-7-10/h3-5,9-10,15H,6-7H2,1-2H3,(H,16,17). The molecular weight excluding hydrogens is 327 g/mol. The largest absolute Gasteiger partial charge is 0.326 e. The lowest BCUT2D eigenvalue weighted by molar-refractivity contribution is -0.121. The zero-order chi connectivity index (χ0) is 12.4. The minimum absolute atomic E-state index is 0.0789. The van der Waals surface area contributed by atoms with Gasteiger partial charge in [0, 0.05) is 15.2 Å². The van der Waals surface area contributed by atoms with E-state index in [-0.39, 0.29) is 11.8 Å². The normalized spacial score (nSPS) is 17.4. The molecule has 92 valence electrons. The molecule has 2 rings (SSSR count). The van der Waals surface area contributed by atoms with Gasteiger partial charge >= 0.3 is 0 Å². The van der Waals surface area contributed by atoms with Gasteiger partial charge in [0.1, 0.15) is 0 Å². The van der Waals surface area contributed by atoms with Gasteiger partial charge in [-0.05, 0) is 66.2 Å². The number of amides is 1. The monoisotopic (exact) mass is 344 g/mol. The summed E-state index contributed by atoms with van der Waals surface area (Å²) >= 11 is 2.28. The van der Waals surface area contributed by atoms with Gasteiger partial charge in [-0.3, -0.25) is 4.79 Å². The smallest absolute Gasteiger partial charge is 0.227 e. The fraction of sp³-hybridized carbons (Fsp3) is 0.462. The second kappa shape index (κ2) is 5.35. The summed E-state index contributed by atoms with van der Waals surface area (Å²) in [7, 11) is 0. The zero-order valence-electron chi connectivity index (χ0n) is 10.1. The number of carbonyl (C=O) groups is 1. The molecule has 1 saturated heterocycles. The van der Waals surface area contributed by atoms with Crippen molar-refractivity contribution in [3.05, 3.63) is 27.3 Å². The van der Waals surface area contributed by atoms with Crippen LogP contribution in [0.5, 0.6) is 0 Å². The second-order valence-electron chi connectivity index (χ2n) is 4.66. The lowest BCUT2D eigenvalue weighted by atomic mass is 9.88. The van der Waals surface area contributed by atoms with E-state index in [9.17, 15) is 4.79 Å². The van der Waals surface area contributed by atoms with Crippen LogP contribution in [0.4, 0.5) is 5.69 Å². The van der Waals surface area contributed by atoms with Crippen LogP contribution in [0, 0.1) is 22.3 Å². The molecule has 0 saturated carbocycles. The Morgan fingerprint density at radius 3 is 2.76 bits per heavy atom. The average Bonchev–Trinajstić information content (AvgIpc) is 2.21. The second-order valence-corrected chi connectivity index (χ2v) is 5.82. The van der Waals surface area contributed by atoms with E-state index in [1.807, 2.05) is 25.1 Å². The molecule has 1 aromatic carbocycles. The molecule has 1 unspecified atom stereocenters. The molecule has 1 amide bonds. The van der Waals surface area contributed by atoms with Gasteiger partial charge in [-0.2, -0.15) is 0 Å². The van der Waals surface area contributed by atoms with Crippen LogP contribution in [0.2, 0.25) is 0 Å². The molecule has 17 heavy (non-hydrogen) atoms. The minimum Gasteiger partial charge on any atom is -0.326 e. The highest BCUT2D eigenvalue weighted by atomic mass is 127. The molecule has 1 aromatic rings. The molecular formula is C13H17IN2O. The summed E-state index contributed by atoms with van der Waals surface area (Å²) in [4.78, 5) is 12.0. The van der Waals surface area contributed by atoms with Crippen LogP contribution in [0.25, 0.3) is 0 Å². The van der Waals surface area contributed by atoms with Crippen molar-refractivity contribution in [1.82, 2.24) is 5.32 Å². The first-order valence-electron chi connectivity index (χ1n) is 5.85. The molecule has 1 heterocycles. The minimum atomic E-state index is 0.0789. The van der Waals surface area contributed by atoms with Gasteiger partial charge in [0.2, 0.25) is 5.91 Å². The van der Waals surface area contributed by atoms with Crippen molar-refractivity contribution in [2.45, 2.75) is 13.8 Å². The van der Waals surface area contributed by atoms with Crippen LogP contribution in [-0.4, -0.2) is 19.0 Å². The van der Waals surface area contributed by atoms with E-state index < -0.39 is 0 Å². The third-order valence-corrected chi connectivity index (χ3v) is 4.54. The van der Waals surface area contributed by atoms with E-state index in [0.29, 0.717) is 5.92 Å². The van der Waals surface area contributed by atoms with Crippen LogP contribution in [0.15, 0.2) is 18.2 Å². The lowest BCUT2D eigenvalue weighted by Gasteiger charge is -2.31. The number of rotatable bonds is 3. The maximum Gasteiger partial charge on any atom is 0.227 e. The van der Waals surface area contributed by atoms with Crippen molar-refractivity contribution >= 4 is 34.2 Å². The number of benzene rings is 1. The zero-order valence-corrected chi connectivity index (χ0v) is 12.2. The Labute approximate surface area is 116 Å². The van der Waals surface area contributed by atoms with Crippen LogP contribution >= 0.6 is 22.6 Å². The van der Waals surface area contributed by atoms with Gasteiger partial charge < -0.3 is 10.6 Å². The van der Waals surface area contributed by atoms with E-state index >= 15 is 0 Å². The molecule has 0 bridgehead atoms. The van der Waals surface area contributed by atoms with Gasteiger partial charge in [0.05, 0.1) is 0 Å². The number of nitrogens with one attached hydrogen (secondary N) is 2. The molecule has 0 aliphatic carbocycles. The number of halogens is 1. The van der Waals surface area contributed by atoms with Crippen molar-refractivity contribution in [3.63, 3.8) is 0 Å². The number of aryl methyl sites for hydroxylation is 1. The van der Waals surface area contributed by atoms with Crippen LogP contribution < -0.4 is 10.6 Å². The highest BCUT2D eigenvalue weighted by Gasteiger charge is 2.28. The summed E-state index contributed by atoms with van der Waals surface area (Å²) in [5.74, 6) is 0.686. The SMILES string of the molecule is Cc1ccc(NC(=O)C(C)C2CNC2)cc1I. The maximum atomic E-state index is 12.0. The van der Waals surface area contributed by atoms with Gasteiger partial charge in [-0.15, -0.1) is 0 Å². The highest BCUT2D eigenvalue weighted by molar-refractivity contribution is 14.1. The molecule has 1 fully saturated rings. The number of hydrogen-bond donors (Lipinski definition) is 2. The molecule has 1 atom stereocenters. The molecule has 0 aromatic heterocycles. The quantitative estimate of drug-likeness (QED) is 0.827. The van der Waals surface area contributed by atoms with E-state index in [0.717, 1.165) is 18.8 Å². The van der Waals surface area contributed by atoms with E-state index in [1.54, 1.807) is 0 Å². The summed E-state index contributed by atoms with van der Waals surface area (Å²) in [5.41, 5.74) is 2.13. The van der Waals surface area contributed by atoms with Crippen molar-refractivity contribution in [2.24, 2.45) is 11.8 Å². The van der Waals surface area contributed by atoms with Gasteiger partial charge in [-0.25, -0.2) is 0 Å². The first-order chi connectivity index (χ1) is 8.08. The fourth-order valence-corrected chi connectivity index (χ4v) is 2.32. The highest BCUT2D eigenvalue weighted by Crippen LogP contribution is 2.20. The van der Waals surface area contributed by atoms with Crippen molar-refractivity contribution in [1.29, 1.82) is 0 Å². The van der Waals surface area contributed by atoms with Crippen molar-refractivity contribution in [2.75, 3.05) is 18.4 Å². The first kappa shape index (κ1) is 12.8. The number of hydrogen-bond acceptors (Lipinski definition) is 2.